The maximum Gasteiger partial charge on any atom is 0.383 e. The zero-order valence-electron chi connectivity index (χ0n) is 10.9. The molecule has 0 bridgehead atoms. The lowest BCUT2D eigenvalue weighted by molar-refractivity contribution is 0.279. The number of alkyl halides is 1. The van der Waals surface area contributed by atoms with Gasteiger partial charge in [0, 0.05) is 5.88 Å². The van der Waals surface area contributed by atoms with Crippen molar-refractivity contribution in [1.29, 1.82) is 0 Å². The second kappa shape index (κ2) is 7.49. The van der Waals surface area contributed by atoms with Crippen LogP contribution >= 0.6 is 19.2 Å². The average molecular weight is 311 g/mol. The summed E-state index contributed by atoms with van der Waals surface area (Å²) in [6.07, 6.45) is 0.222. The summed E-state index contributed by atoms with van der Waals surface area (Å²) in [5.41, 5.74) is 0.904. The molecule has 0 N–H and O–H groups in total. The van der Waals surface area contributed by atoms with Crippen molar-refractivity contribution in [2.45, 2.75) is 6.16 Å². The fraction of sp³-hybridized carbons (Fsp3) is 0.200. The molecule has 0 fully saturated rings. The van der Waals surface area contributed by atoms with Crippen LogP contribution in [0.5, 0.6) is 5.75 Å². The predicted molar refractivity (Wildman–Crippen MR) is 81.5 cm³/mol. The summed E-state index contributed by atoms with van der Waals surface area (Å²) in [5, 5.41) is 0. The smallest absolute Gasteiger partial charge is 0.383 e. The van der Waals surface area contributed by atoms with Gasteiger partial charge in [-0.05, 0) is 17.7 Å². The molecule has 2 rings (SSSR count). The standard InChI is InChI=1S/C15H16ClO3P/c16-11-12-18-20(17,13-14-7-3-1-4-8-14)19-15-9-5-2-6-10-15/h1-10H,11-13H2. The summed E-state index contributed by atoms with van der Waals surface area (Å²) in [5.74, 6) is 0.804. The third-order valence-electron chi connectivity index (χ3n) is 2.57. The van der Waals surface area contributed by atoms with Gasteiger partial charge in [-0.3, -0.25) is 4.52 Å². The SMILES string of the molecule is O=P(Cc1ccccc1)(OCCCl)Oc1ccccc1. The van der Waals surface area contributed by atoms with Crippen LogP contribution in [0, 0.1) is 0 Å². The van der Waals surface area contributed by atoms with E-state index in [9.17, 15) is 4.57 Å². The molecule has 0 aromatic heterocycles. The van der Waals surface area contributed by atoms with Gasteiger partial charge in [0.05, 0.1) is 12.8 Å². The number of rotatable bonds is 7. The zero-order valence-corrected chi connectivity index (χ0v) is 12.6. The Kier molecular flexibility index (Phi) is 5.66. The molecule has 1 unspecified atom stereocenters. The molecule has 2 aromatic rings. The Morgan fingerprint density at radius 3 is 2.15 bits per heavy atom. The Bertz CT molecular complexity index is 514. The molecule has 106 valence electrons. The Labute approximate surface area is 124 Å². The molecule has 5 heteroatoms. The van der Waals surface area contributed by atoms with E-state index in [4.69, 9.17) is 20.6 Å². The van der Waals surface area contributed by atoms with E-state index in [2.05, 4.69) is 0 Å². The van der Waals surface area contributed by atoms with Crippen LogP contribution in [0.2, 0.25) is 0 Å². The summed E-state index contributed by atoms with van der Waals surface area (Å²) < 4.78 is 23.8. The van der Waals surface area contributed by atoms with Crippen molar-refractivity contribution in [3.8, 4) is 5.75 Å². The normalized spacial score (nSPS) is 13.7. The van der Waals surface area contributed by atoms with Gasteiger partial charge in [-0.2, -0.15) is 0 Å². The molecule has 0 saturated heterocycles. The third kappa shape index (κ3) is 4.68. The largest absolute Gasteiger partial charge is 0.424 e. The Morgan fingerprint density at radius 2 is 1.55 bits per heavy atom. The average Bonchev–Trinajstić information content (AvgIpc) is 2.47. The number of para-hydroxylation sites is 1. The molecule has 2 aromatic carbocycles. The van der Waals surface area contributed by atoms with Crippen molar-refractivity contribution in [2.24, 2.45) is 0 Å². The molecule has 0 spiro atoms. The Balaban J connectivity index is 2.15. The minimum absolute atomic E-state index is 0.193. The van der Waals surface area contributed by atoms with E-state index < -0.39 is 7.60 Å². The van der Waals surface area contributed by atoms with Crippen LogP contribution in [0.15, 0.2) is 60.7 Å². The second-order valence-electron chi connectivity index (χ2n) is 4.18. The van der Waals surface area contributed by atoms with Gasteiger partial charge >= 0.3 is 7.60 Å². The summed E-state index contributed by atoms with van der Waals surface area (Å²) in [6, 6.07) is 18.5. The monoisotopic (exact) mass is 310 g/mol. The van der Waals surface area contributed by atoms with Gasteiger partial charge in [0.2, 0.25) is 0 Å². The highest BCUT2D eigenvalue weighted by Crippen LogP contribution is 2.51. The fourth-order valence-electron chi connectivity index (χ4n) is 1.73. The highest BCUT2D eigenvalue weighted by molar-refractivity contribution is 7.53. The number of hydrogen-bond acceptors (Lipinski definition) is 3. The van der Waals surface area contributed by atoms with Gasteiger partial charge in [0.1, 0.15) is 5.75 Å². The summed E-state index contributed by atoms with van der Waals surface area (Å²) in [4.78, 5) is 0. The summed E-state index contributed by atoms with van der Waals surface area (Å²) in [7, 11) is -3.26. The lowest BCUT2D eigenvalue weighted by atomic mass is 10.2. The van der Waals surface area contributed by atoms with Crippen LogP contribution in [0.25, 0.3) is 0 Å². The van der Waals surface area contributed by atoms with E-state index in [-0.39, 0.29) is 18.6 Å². The zero-order chi connectivity index (χ0) is 14.3. The van der Waals surface area contributed by atoms with E-state index in [0.717, 1.165) is 5.56 Å². The van der Waals surface area contributed by atoms with Gasteiger partial charge in [-0.15, -0.1) is 11.6 Å². The fourth-order valence-corrected chi connectivity index (χ4v) is 3.59. The van der Waals surface area contributed by atoms with Crippen molar-refractivity contribution in [3.63, 3.8) is 0 Å². The molecule has 1 atom stereocenters. The molecule has 0 aliphatic heterocycles. The Hall–Kier alpha value is -1.28. The molecule has 0 radical (unpaired) electrons. The molecule has 3 nitrogen and oxygen atoms in total. The molecule has 0 aliphatic rings. The molecular formula is C15H16ClO3P. The van der Waals surface area contributed by atoms with E-state index in [1.165, 1.54) is 0 Å². The van der Waals surface area contributed by atoms with Crippen LogP contribution in [0.3, 0.4) is 0 Å². The first-order chi connectivity index (χ1) is 9.72. The van der Waals surface area contributed by atoms with Gasteiger partial charge in [-0.1, -0.05) is 48.5 Å². The van der Waals surface area contributed by atoms with Crippen LogP contribution in [0.4, 0.5) is 0 Å². The first-order valence-electron chi connectivity index (χ1n) is 6.30. The molecule has 0 saturated carbocycles. The minimum Gasteiger partial charge on any atom is -0.424 e. The first-order valence-corrected chi connectivity index (χ1v) is 8.56. The van der Waals surface area contributed by atoms with E-state index in [0.29, 0.717) is 5.75 Å². The van der Waals surface area contributed by atoms with E-state index in [1.54, 1.807) is 12.1 Å². The first kappa shape index (κ1) is 15.1. The van der Waals surface area contributed by atoms with Gasteiger partial charge in [0.25, 0.3) is 0 Å². The molecule has 0 aliphatic carbocycles. The van der Waals surface area contributed by atoms with Crippen LogP contribution < -0.4 is 4.52 Å². The topological polar surface area (TPSA) is 35.5 Å². The maximum absolute atomic E-state index is 12.8. The van der Waals surface area contributed by atoms with E-state index >= 15 is 0 Å². The summed E-state index contributed by atoms with van der Waals surface area (Å²) >= 11 is 5.61. The molecule has 0 heterocycles. The molecular weight excluding hydrogens is 295 g/mol. The second-order valence-corrected chi connectivity index (χ2v) is 6.54. The highest BCUT2D eigenvalue weighted by Gasteiger charge is 2.26. The number of halogens is 1. The summed E-state index contributed by atoms with van der Waals surface area (Å²) in [6.45, 7) is 0.193. The van der Waals surface area contributed by atoms with Crippen LogP contribution in [-0.2, 0) is 15.3 Å². The predicted octanol–water partition coefficient (Wildman–Crippen LogP) is 4.71. The highest BCUT2D eigenvalue weighted by atomic mass is 35.5. The minimum atomic E-state index is -3.26. The Morgan fingerprint density at radius 1 is 0.950 bits per heavy atom. The van der Waals surface area contributed by atoms with Crippen molar-refractivity contribution in [3.05, 3.63) is 66.2 Å². The lowest BCUT2D eigenvalue weighted by Crippen LogP contribution is -2.03. The third-order valence-corrected chi connectivity index (χ3v) is 4.54. The maximum atomic E-state index is 12.8. The van der Waals surface area contributed by atoms with Crippen molar-refractivity contribution < 1.29 is 13.6 Å². The van der Waals surface area contributed by atoms with Gasteiger partial charge in [-0.25, -0.2) is 4.57 Å². The van der Waals surface area contributed by atoms with Crippen LogP contribution in [-0.4, -0.2) is 12.5 Å². The lowest BCUT2D eigenvalue weighted by Gasteiger charge is -2.19. The molecule has 0 amide bonds. The van der Waals surface area contributed by atoms with E-state index in [1.807, 2.05) is 48.5 Å². The number of benzene rings is 2. The van der Waals surface area contributed by atoms with Crippen molar-refractivity contribution in [1.82, 2.24) is 0 Å². The van der Waals surface area contributed by atoms with Gasteiger partial charge in [0.15, 0.2) is 0 Å². The van der Waals surface area contributed by atoms with Crippen molar-refractivity contribution >= 4 is 19.2 Å². The quantitative estimate of drug-likeness (QED) is 0.548. The molecule has 20 heavy (non-hydrogen) atoms. The van der Waals surface area contributed by atoms with Crippen molar-refractivity contribution in [2.75, 3.05) is 12.5 Å². The number of hydrogen-bond donors (Lipinski definition) is 0. The van der Waals surface area contributed by atoms with Gasteiger partial charge < -0.3 is 4.52 Å². The van der Waals surface area contributed by atoms with Crippen LogP contribution in [0.1, 0.15) is 5.56 Å².